The lowest BCUT2D eigenvalue weighted by atomic mass is 9.96. The highest BCUT2D eigenvalue weighted by molar-refractivity contribution is 5.97. The molecule has 0 saturated carbocycles. The van der Waals surface area contributed by atoms with Crippen molar-refractivity contribution < 1.29 is 14.3 Å². The highest BCUT2D eigenvalue weighted by atomic mass is 16.5. The summed E-state index contributed by atoms with van der Waals surface area (Å²) in [7, 11) is 0. The number of carbonyl (C=O) groups excluding carboxylic acids is 1. The lowest BCUT2D eigenvalue weighted by Crippen LogP contribution is -2.45. The van der Waals surface area contributed by atoms with Gasteiger partial charge in [-0.15, -0.1) is 0 Å². The molecule has 1 aliphatic carbocycles. The van der Waals surface area contributed by atoms with Gasteiger partial charge in [-0.3, -0.25) is 9.69 Å². The van der Waals surface area contributed by atoms with E-state index in [9.17, 15) is 4.79 Å². The van der Waals surface area contributed by atoms with Crippen LogP contribution in [0.3, 0.4) is 0 Å². The lowest BCUT2D eigenvalue weighted by Gasteiger charge is -2.33. The zero-order chi connectivity index (χ0) is 23.6. The lowest BCUT2D eigenvalue weighted by molar-refractivity contribution is 0.0657. The largest absolute Gasteiger partial charge is 0.491 e. The van der Waals surface area contributed by atoms with E-state index >= 15 is 0 Å². The average molecular weight is 475 g/mol. The van der Waals surface area contributed by atoms with Crippen molar-refractivity contribution in [2.45, 2.75) is 76.5 Å². The third-order valence-corrected chi connectivity index (χ3v) is 8.38. The third kappa shape index (κ3) is 5.12. The molecule has 0 N–H and O–H groups in total. The fourth-order valence-corrected chi connectivity index (χ4v) is 6.41. The molecule has 2 aromatic rings. The van der Waals surface area contributed by atoms with Crippen molar-refractivity contribution in [2.75, 3.05) is 32.8 Å². The second kappa shape index (κ2) is 10.3. The second-order valence-corrected chi connectivity index (χ2v) is 10.9. The van der Waals surface area contributed by atoms with Crippen molar-refractivity contribution in [3.8, 4) is 5.75 Å². The predicted molar refractivity (Wildman–Crippen MR) is 137 cm³/mol. The van der Waals surface area contributed by atoms with Gasteiger partial charge < -0.3 is 14.4 Å². The smallest absolute Gasteiger partial charge is 0.254 e. The van der Waals surface area contributed by atoms with Gasteiger partial charge in [0.1, 0.15) is 12.4 Å². The average Bonchev–Trinajstić information content (AvgIpc) is 3.47. The quantitative estimate of drug-likeness (QED) is 0.604. The van der Waals surface area contributed by atoms with Gasteiger partial charge >= 0.3 is 0 Å². The first-order valence-corrected chi connectivity index (χ1v) is 13.7. The van der Waals surface area contributed by atoms with E-state index in [0.29, 0.717) is 6.61 Å². The fourth-order valence-electron chi connectivity index (χ4n) is 6.41. The Morgan fingerprint density at radius 3 is 2.57 bits per heavy atom. The Hall–Kier alpha value is -2.37. The maximum atomic E-state index is 13.5. The van der Waals surface area contributed by atoms with Gasteiger partial charge in [-0.25, -0.2) is 0 Å². The number of amides is 1. The summed E-state index contributed by atoms with van der Waals surface area (Å²) >= 11 is 0. The molecule has 2 atom stereocenters. The van der Waals surface area contributed by atoms with Gasteiger partial charge in [0.05, 0.1) is 6.10 Å². The number of nitrogens with zero attached hydrogens (tertiary/aromatic N) is 2. The molecule has 4 aliphatic rings. The van der Waals surface area contributed by atoms with Crippen molar-refractivity contribution in [3.63, 3.8) is 0 Å². The minimum absolute atomic E-state index is 0.180. The molecule has 2 saturated heterocycles. The summed E-state index contributed by atoms with van der Waals surface area (Å²) in [5.41, 5.74) is 6.26. The molecule has 6 rings (SSSR count). The number of hydrogen-bond donors (Lipinski definition) is 0. The Morgan fingerprint density at radius 1 is 0.886 bits per heavy atom. The van der Waals surface area contributed by atoms with Crippen molar-refractivity contribution in [1.82, 2.24) is 9.80 Å². The number of ether oxygens (including phenoxy) is 2. The Bertz CT molecular complexity index is 1050. The summed E-state index contributed by atoms with van der Waals surface area (Å²) < 4.78 is 11.6. The zero-order valence-electron chi connectivity index (χ0n) is 20.8. The number of likely N-dealkylation sites (tertiary alicyclic amines) is 1. The third-order valence-electron chi connectivity index (χ3n) is 8.38. The van der Waals surface area contributed by atoms with E-state index in [-0.39, 0.29) is 18.1 Å². The van der Waals surface area contributed by atoms with E-state index in [4.69, 9.17) is 9.47 Å². The van der Waals surface area contributed by atoms with Crippen molar-refractivity contribution in [2.24, 2.45) is 0 Å². The van der Waals surface area contributed by atoms with E-state index in [1.54, 1.807) is 0 Å². The Labute approximate surface area is 209 Å². The highest BCUT2D eigenvalue weighted by Gasteiger charge is 2.34. The maximum absolute atomic E-state index is 13.5. The first-order chi connectivity index (χ1) is 17.2. The summed E-state index contributed by atoms with van der Waals surface area (Å²) in [6, 6.07) is 13.3. The van der Waals surface area contributed by atoms with Gasteiger partial charge in [0.25, 0.3) is 5.91 Å². The van der Waals surface area contributed by atoms with Gasteiger partial charge in [0.2, 0.25) is 0 Å². The molecule has 3 heterocycles. The highest BCUT2D eigenvalue weighted by Crippen LogP contribution is 2.32. The number of benzene rings is 2. The fraction of sp³-hybridized carbons (Fsp3) is 0.567. The SMILES string of the molecule is O=C1c2ccc(OC[C@@H]3CCCO3)cc2CCN1[C@@H]1Cc2ccc(CN3CCCCCC3)cc2C1. The molecule has 5 heteroatoms. The normalized spacial score (nSPS) is 24.8. The minimum Gasteiger partial charge on any atom is -0.491 e. The van der Waals surface area contributed by atoms with Crippen LogP contribution < -0.4 is 4.74 Å². The summed E-state index contributed by atoms with van der Waals surface area (Å²) in [5, 5.41) is 0. The van der Waals surface area contributed by atoms with Crippen LogP contribution in [0.4, 0.5) is 0 Å². The van der Waals surface area contributed by atoms with Gasteiger partial charge in [-0.05, 0) is 98.5 Å². The number of hydrogen-bond acceptors (Lipinski definition) is 4. The Balaban J connectivity index is 1.09. The van der Waals surface area contributed by atoms with Gasteiger partial charge in [-0.1, -0.05) is 31.0 Å². The summed E-state index contributed by atoms with van der Waals surface area (Å²) in [6.07, 6.45) is 10.6. The molecular formula is C30H38N2O3. The monoisotopic (exact) mass is 474 g/mol. The molecule has 0 radical (unpaired) electrons. The molecule has 2 fully saturated rings. The predicted octanol–water partition coefficient (Wildman–Crippen LogP) is 4.79. The van der Waals surface area contributed by atoms with E-state index < -0.39 is 0 Å². The molecule has 3 aliphatic heterocycles. The number of rotatable bonds is 6. The van der Waals surface area contributed by atoms with E-state index in [1.165, 1.54) is 55.5 Å². The number of carbonyl (C=O) groups is 1. The van der Waals surface area contributed by atoms with Crippen molar-refractivity contribution >= 4 is 5.91 Å². The number of fused-ring (bicyclic) bond motifs is 2. The first kappa shape index (κ1) is 23.1. The molecule has 0 unspecified atom stereocenters. The second-order valence-electron chi connectivity index (χ2n) is 10.9. The van der Waals surface area contributed by atoms with Crippen molar-refractivity contribution in [1.29, 1.82) is 0 Å². The van der Waals surface area contributed by atoms with E-state index in [2.05, 4.69) is 34.1 Å². The van der Waals surface area contributed by atoms with Crippen LogP contribution in [0.1, 0.15) is 71.1 Å². The summed E-state index contributed by atoms with van der Waals surface area (Å²) in [6.45, 7) is 5.74. The van der Waals surface area contributed by atoms with Crippen LogP contribution in [-0.2, 0) is 30.5 Å². The van der Waals surface area contributed by atoms with Gasteiger partial charge in [-0.2, -0.15) is 0 Å². The van der Waals surface area contributed by atoms with Crippen LogP contribution in [0.5, 0.6) is 5.75 Å². The van der Waals surface area contributed by atoms with Crippen LogP contribution in [-0.4, -0.2) is 60.7 Å². The van der Waals surface area contributed by atoms with Gasteiger partial charge in [0, 0.05) is 31.3 Å². The van der Waals surface area contributed by atoms with Crippen LogP contribution >= 0.6 is 0 Å². The molecule has 0 spiro atoms. The Morgan fingerprint density at radius 2 is 1.74 bits per heavy atom. The Kier molecular flexibility index (Phi) is 6.80. The standard InChI is InChI=1S/C30H38N2O3/c33-30-29-10-9-27(35-21-28-6-5-15-34-28)19-24(29)11-14-32(30)26-17-23-8-7-22(16-25(23)18-26)20-31-12-3-1-2-4-13-31/h7-10,16,19,26,28H,1-6,11-15,17-18,20-21H2/t26-,28+/m1/s1. The molecule has 1 amide bonds. The van der Waals surface area contributed by atoms with Crippen LogP contribution in [0, 0.1) is 0 Å². The molecular weight excluding hydrogens is 436 g/mol. The van der Waals surface area contributed by atoms with E-state index in [0.717, 1.165) is 68.7 Å². The molecule has 35 heavy (non-hydrogen) atoms. The van der Waals surface area contributed by atoms with Crippen LogP contribution in [0.15, 0.2) is 36.4 Å². The van der Waals surface area contributed by atoms with E-state index in [1.807, 2.05) is 12.1 Å². The summed E-state index contributed by atoms with van der Waals surface area (Å²) in [5.74, 6) is 1.03. The zero-order valence-corrected chi connectivity index (χ0v) is 20.8. The summed E-state index contributed by atoms with van der Waals surface area (Å²) in [4.78, 5) is 18.2. The molecule has 5 nitrogen and oxygen atoms in total. The first-order valence-electron chi connectivity index (χ1n) is 13.7. The van der Waals surface area contributed by atoms with Gasteiger partial charge in [0.15, 0.2) is 0 Å². The maximum Gasteiger partial charge on any atom is 0.254 e. The molecule has 0 bridgehead atoms. The molecule has 186 valence electrons. The molecule has 0 aromatic heterocycles. The van der Waals surface area contributed by atoms with Crippen LogP contribution in [0.25, 0.3) is 0 Å². The van der Waals surface area contributed by atoms with Crippen molar-refractivity contribution in [3.05, 3.63) is 64.2 Å². The minimum atomic E-state index is 0.180. The topological polar surface area (TPSA) is 42.0 Å². The van der Waals surface area contributed by atoms with Crippen LogP contribution in [0.2, 0.25) is 0 Å². The molecule has 2 aromatic carbocycles.